The molecule has 1 saturated carbocycles. The molecule has 2 N–H and O–H groups in total. The van der Waals surface area contributed by atoms with Crippen molar-refractivity contribution in [1.29, 1.82) is 0 Å². The van der Waals surface area contributed by atoms with Gasteiger partial charge in [-0.05, 0) is 42.6 Å². The zero-order valence-corrected chi connectivity index (χ0v) is 12.1. The molecule has 0 bridgehead atoms. The number of hydrogen-bond acceptors (Lipinski definition) is 2. The van der Waals surface area contributed by atoms with Gasteiger partial charge < -0.3 is 10.5 Å². The van der Waals surface area contributed by atoms with E-state index in [4.69, 9.17) is 10.5 Å². The Kier molecular flexibility index (Phi) is 3.30. The van der Waals surface area contributed by atoms with Gasteiger partial charge in [-0.2, -0.15) is 0 Å². The first kappa shape index (κ1) is 13.0. The minimum atomic E-state index is 0.116. The minimum Gasteiger partial charge on any atom is -0.493 e. The van der Waals surface area contributed by atoms with Crippen molar-refractivity contribution in [2.24, 2.45) is 17.1 Å². The van der Waals surface area contributed by atoms with Gasteiger partial charge in [-0.25, -0.2) is 0 Å². The largest absolute Gasteiger partial charge is 0.493 e. The molecule has 0 saturated heterocycles. The van der Waals surface area contributed by atoms with Crippen LogP contribution in [0.3, 0.4) is 0 Å². The van der Waals surface area contributed by atoms with Crippen molar-refractivity contribution in [2.75, 3.05) is 6.61 Å². The standard InChI is InChI=1S/C17H25NO/c1-17(2)10-4-9-14(17)15(18)13-8-3-6-12-7-5-11-19-16(12)13/h3,6,8,14-15H,4-5,7,9-11,18H2,1-2H3. The molecule has 2 heteroatoms. The maximum Gasteiger partial charge on any atom is 0.127 e. The number of aryl methyl sites for hydroxylation is 1. The predicted molar refractivity (Wildman–Crippen MR) is 78.3 cm³/mol. The summed E-state index contributed by atoms with van der Waals surface area (Å²) in [5.74, 6) is 1.66. The minimum absolute atomic E-state index is 0.116. The smallest absolute Gasteiger partial charge is 0.127 e. The summed E-state index contributed by atoms with van der Waals surface area (Å²) in [5.41, 5.74) is 9.55. The molecule has 2 nitrogen and oxygen atoms in total. The first-order valence-corrected chi connectivity index (χ1v) is 7.60. The van der Waals surface area contributed by atoms with Crippen molar-refractivity contribution < 1.29 is 4.74 Å². The Morgan fingerprint density at radius 2 is 2.16 bits per heavy atom. The third-order valence-electron chi connectivity index (χ3n) is 5.10. The topological polar surface area (TPSA) is 35.2 Å². The molecule has 3 rings (SSSR count). The summed E-state index contributed by atoms with van der Waals surface area (Å²) >= 11 is 0. The highest BCUT2D eigenvalue weighted by Gasteiger charge is 2.39. The average molecular weight is 259 g/mol. The van der Waals surface area contributed by atoms with Crippen LogP contribution in [-0.2, 0) is 6.42 Å². The van der Waals surface area contributed by atoms with Crippen LogP contribution in [-0.4, -0.2) is 6.61 Å². The molecule has 1 heterocycles. The van der Waals surface area contributed by atoms with Crippen molar-refractivity contribution in [2.45, 2.75) is 52.0 Å². The molecular weight excluding hydrogens is 234 g/mol. The molecule has 0 radical (unpaired) electrons. The van der Waals surface area contributed by atoms with Gasteiger partial charge in [-0.1, -0.05) is 38.5 Å². The first-order chi connectivity index (χ1) is 9.09. The fourth-order valence-corrected chi connectivity index (χ4v) is 3.91. The summed E-state index contributed by atoms with van der Waals surface area (Å²) in [5, 5.41) is 0. The molecule has 19 heavy (non-hydrogen) atoms. The summed E-state index contributed by atoms with van der Waals surface area (Å²) in [7, 11) is 0. The molecule has 2 aliphatic rings. The first-order valence-electron chi connectivity index (χ1n) is 7.60. The lowest BCUT2D eigenvalue weighted by molar-refractivity contribution is 0.215. The number of benzene rings is 1. The zero-order valence-electron chi connectivity index (χ0n) is 12.1. The highest BCUT2D eigenvalue weighted by atomic mass is 16.5. The highest BCUT2D eigenvalue weighted by Crippen LogP contribution is 2.49. The molecular formula is C17H25NO. The van der Waals surface area contributed by atoms with Gasteiger partial charge in [0.05, 0.1) is 6.61 Å². The lowest BCUT2D eigenvalue weighted by Crippen LogP contribution is -2.30. The zero-order chi connectivity index (χ0) is 13.5. The van der Waals surface area contributed by atoms with E-state index in [1.54, 1.807) is 0 Å². The second kappa shape index (κ2) is 4.82. The van der Waals surface area contributed by atoms with Gasteiger partial charge in [0.15, 0.2) is 0 Å². The van der Waals surface area contributed by atoms with Crippen LogP contribution in [0, 0.1) is 11.3 Å². The van der Waals surface area contributed by atoms with Crippen molar-refractivity contribution in [3.8, 4) is 5.75 Å². The van der Waals surface area contributed by atoms with E-state index in [0.717, 1.165) is 25.2 Å². The Balaban J connectivity index is 1.94. The quantitative estimate of drug-likeness (QED) is 0.876. The van der Waals surface area contributed by atoms with Gasteiger partial charge in [-0.3, -0.25) is 0 Å². The lowest BCUT2D eigenvalue weighted by Gasteiger charge is -2.34. The Morgan fingerprint density at radius 1 is 1.32 bits per heavy atom. The molecule has 1 aromatic carbocycles. The molecule has 1 aliphatic heterocycles. The van der Waals surface area contributed by atoms with E-state index in [2.05, 4.69) is 32.0 Å². The second-order valence-electron chi connectivity index (χ2n) is 6.80. The van der Waals surface area contributed by atoms with Gasteiger partial charge in [0.25, 0.3) is 0 Å². The van der Waals surface area contributed by atoms with Crippen molar-refractivity contribution >= 4 is 0 Å². The lowest BCUT2D eigenvalue weighted by atomic mass is 9.75. The van der Waals surface area contributed by atoms with E-state index in [9.17, 15) is 0 Å². The van der Waals surface area contributed by atoms with Crippen molar-refractivity contribution in [3.05, 3.63) is 29.3 Å². The molecule has 2 unspecified atom stereocenters. The van der Waals surface area contributed by atoms with Gasteiger partial charge in [0.1, 0.15) is 5.75 Å². The predicted octanol–water partition coefficient (Wildman–Crippen LogP) is 3.84. The van der Waals surface area contributed by atoms with Crippen LogP contribution in [0.15, 0.2) is 18.2 Å². The maximum absolute atomic E-state index is 6.62. The molecule has 1 aromatic rings. The maximum atomic E-state index is 6.62. The van der Waals surface area contributed by atoms with Crippen LogP contribution in [0.1, 0.15) is 56.7 Å². The van der Waals surface area contributed by atoms with Gasteiger partial charge in [-0.15, -0.1) is 0 Å². The third-order valence-corrected chi connectivity index (χ3v) is 5.10. The average Bonchev–Trinajstić information content (AvgIpc) is 2.77. The molecule has 2 atom stereocenters. The number of para-hydroxylation sites is 1. The summed E-state index contributed by atoms with van der Waals surface area (Å²) in [6.07, 6.45) is 6.10. The summed E-state index contributed by atoms with van der Waals surface area (Å²) in [6, 6.07) is 6.61. The third kappa shape index (κ3) is 2.27. The Bertz CT molecular complexity index is 466. The van der Waals surface area contributed by atoms with E-state index >= 15 is 0 Å². The highest BCUT2D eigenvalue weighted by molar-refractivity contribution is 5.44. The van der Waals surface area contributed by atoms with Crippen LogP contribution in [0.2, 0.25) is 0 Å². The fraction of sp³-hybridized carbons (Fsp3) is 0.647. The summed E-state index contributed by atoms with van der Waals surface area (Å²) < 4.78 is 5.92. The van der Waals surface area contributed by atoms with E-state index < -0.39 is 0 Å². The summed E-state index contributed by atoms with van der Waals surface area (Å²) in [6.45, 7) is 5.56. The number of rotatable bonds is 2. The molecule has 104 valence electrons. The van der Waals surface area contributed by atoms with E-state index in [0.29, 0.717) is 11.3 Å². The summed E-state index contributed by atoms with van der Waals surface area (Å²) in [4.78, 5) is 0. The van der Waals surface area contributed by atoms with Crippen LogP contribution >= 0.6 is 0 Å². The van der Waals surface area contributed by atoms with Crippen LogP contribution in [0.25, 0.3) is 0 Å². The van der Waals surface area contributed by atoms with Crippen molar-refractivity contribution in [1.82, 2.24) is 0 Å². The number of fused-ring (bicyclic) bond motifs is 1. The van der Waals surface area contributed by atoms with Gasteiger partial charge in [0, 0.05) is 11.6 Å². The number of nitrogens with two attached hydrogens (primary N) is 1. The van der Waals surface area contributed by atoms with Gasteiger partial charge in [0.2, 0.25) is 0 Å². The molecule has 0 aromatic heterocycles. The van der Waals surface area contributed by atoms with E-state index in [-0.39, 0.29) is 6.04 Å². The van der Waals surface area contributed by atoms with E-state index in [1.807, 2.05) is 0 Å². The Labute approximate surface area is 116 Å². The van der Waals surface area contributed by atoms with Crippen LogP contribution in [0.4, 0.5) is 0 Å². The Morgan fingerprint density at radius 3 is 2.89 bits per heavy atom. The van der Waals surface area contributed by atoms with Crippen LogP contribution < -0.4 is 10.5 Å². The monoisotopic (exact) mass is 259 g/mol. The van der Waals surface area contributed by atoms with Crippen molar-refractivity contribution in [3.63, 3.8) is 0 Å². The Hall–Kier alpha value is -1.02. The van der Waals surface area contributed by atoms with E-state index in [1.165, 1.54) is 30.4 Å². The van der Waals surface area contributed by atoms with Gasteiger partial charge >= 0.3 is 0 Å². The fourth-order valence-electron chi connectivity index (χ4n) is 3.91. The second-order valence-corrected chi connectivity index (χ2v) is 6.80. The number of hydrogen-bond donors (Lipinski definition) is 1. The number of ether oxygens (including phenoxy) is 1. The SMILES string of the molecule is CC1(C)CCCC1C(N)c1cccc2c1OCCC2. The molecule has 0 amide bonds. The molecule has 1 fully saturated rings. The molecule has 0 spiro atoms. The van der Waals surface area contributed by atoms with Crippen LogP contribution in [0.5, 0.6) is 5.75 Å². The normalized spacial score (nSPS) is 26.6. The molecule has 1 aliphatic carbocycles.